The van der Waals surface area contributed by atoms with Crippen molar-refractivity contribution in [3.8, 4) is 5.75 Å². The van der Waals surface area contributed by atoms with E-state index in [9.17, 15) is 22.8 Å². The van der Waals surface area contributed by atoms with Crippen molar-refractivity contribution in [2.75, 3.05) is 0 Å². The topological polar surface area (TPSA) is 87.7 Å². The molecule has 2 rings (SSSR count). The Kier molecular flexibility index (Phi) is 6.11. The van der Waals surface area contributed by atoms with Crippen molar-refractivity contribution < 1.29 is 32.6 Å². The summed E-state index contributed by atoms with van der Waals surface area (Å²) in [6.45, 7) is 0.155. The Morgan fingerprint density at radius 3 is 2.24 bits per heavy atom. The highest BCUT2D eigenvalue weighted by Gasteiger charge is 2.31. The van der Waals surface area contributed by atoms with Gasteiger partial charge >= 0.3 is 18.4 Å². The van der Waals surface area contributed by atoms with Crippen LogP contribution in [-0.2, 0) is 11.3 Å². The first-order chi connectivity index (χ1) is 11.7. The smallest absolute Gasteiger partial charge is 0.481 e. The molecule has 9 heteroatoms. The third-order valence-electron chi connectivity index (χ3n) is 4.02. The zero-order valence-electron chi connectivity index (χ0n) is 13.3. The fourth-order valence-electron chi connectivity index (χ4n) is 2.71. The van der Waals surface area contributed by atoms with Gasteiger partial charge in [-0.05, 0) is 43.4 Å². The van der Waals surface area contributed by atoms with Crippen LogP contribution in [0, 0.1) is 5.92 Å². The number of nitrogens with one attached hydrogen (secondary N) is 2. The monoisotopic (exact) mass is 360 g/mol. The molecule has 0 heterocycles. The third-order valence-corrected chi connectivity index (χ3v) is 4.02. The number of halogens is 3. The minimum absolute atomic E-state index is 0.0711. The molecule has 0 spiro atoms. The Hall–Kier alpha value is -2.45. The van der Waals surface area contributed by atoms with Gasteiger partial charge in [0.1, 0.15) is 5.75 Å². The summed E-state index contributed by atoms with van der Waals surface area (Å²) in [6.07, 6.45) is -2.47. The molecule has 1 aromatic rings. The zero-order valence-corrected chi connectivity index (χ0v) is 13.3. The normalized spacial score (nSPS) is 20.6. The van der Waals surface area contributed by atoms with Crippen LogP contribution < -0.4 is 15.4 Å². The number of benzene rings is 1. The SMILES string of the molecule is O=C(NCc1ccc(OC(F)(F)F)cc1)NC1CCC(C(=O)O)CC1. The van der Waals surface area contributed by atoms with Crippen LogP contribution in [0.3, 0.4) is 0 Å². The first-order valence-electron chi connectivity index (χ1n) is 7.85. The highest BCUT2D eigenvalue weighted by Crippen LogP contribution is 2.24. The van der Waals surface area contributed by atoms with Crippen LogP contribution in [0.4, 0.5) is 18.0 Å². The lowest BCUT2D eigenvalue weighted by atomic mass is 9.86. The number of carbonyl (C=O) groups is 2. The number of urea groups is 1. The molecule has 1 aliphatic carbocycles. The lowest BCUT2D eigenvalue weighted by molar-refractivity contribution is -0.274. The predicted molar refractivity (Wildman–Crippen MR) is 81.9 cm³/mol. The van der Waals surface area contributed by atoms with Crippen LogP contribution in [0.5, 0.6) is 5.75 Å². The Labute approximate surface area is 142 Å². The largest absolute Gasteiger partial charge is 0.573 e. The summed E-state index contributed by atoms with van der Waals surface area (Å²) in [7, 11) is 0. The molecule has 1 aromatic carbocycles. The second-order valence-corrected chi connectivity index (χ2v) is 5.91. The van der Waals surface area contributed by atoms with Crippen molar-refractivity contribution in [3.63, 3.8) is 0 Å². The number of carbonyl (C=O) groups excluding carboxylic acids is 1. The van der Waals surface area contributed by atoms with Crippen molar-refractivity contribution >= 4 is 12.0 Å². The number of ether oxygens (including phenoxy) is 1. The molecule has 6 nitrogen and oxygen atoms in total. The molecule has 3 N–H and O–H groups in total. The average Bonchev–Trinajstić information content (AvgIpc) is 2.53. The number of aliphatic carboxylic acids is 1. The van der Waals surface area contributed by atoms with Crippen molar-refractivity contribution in [2.24, 2.45) is 5.92 Å². The minimum Gasteiger partial charge on any atom is -0.481 e. The lowest BCUT2D eigenvalue weighted by Gasteiger charge is -2.26. The van der Waals surface area contributed by atoms with E-state index in [2.05, 4.69) is 15.4 Å². The fourth-order valence-corrected chi connectivity index (χ4v) is 2.71. The molecule has 0 aromatic heterocycles. The van der Waals surface area contributed by atoms with Crippen LogP contribution >= 0.6 is 0 Å². The molecule has 25 heavy (non-hydrogen) atoms. The van der Waals surface area contributed by atoms with Gasteiger partial charge in [-0.1, -0.05) is 12.1 Å². The maximum atomic E-state index is 12.1. The molecule has 1 fully saturated rings. The molecule has 0 radical (unpaired) electrons. The van der Waals surface area contributed by atoms with Crippen LogP contribution in [0.2, 0.25) is 0 Å². The molecular weight excluding hydrogens is 341 g/mol. The molecule has 0 aliphatic heterocycles. The van der Waals surface area contributed by atoms with Gasteiger partial charge in [-0.25, -0.2) is 4.79 Å². The molecule has 2 amide bonds. The van der Waals surface area contributed by atoms with Crippen LogP contribution in [-0.4, -0.2) is 29.5 Å². The van der Waals surface area contributed by atoms with Gasteiger partial charge in [-0.3, -0.25) is 4.79 Å². The summed E-state index contributed by atoms with van der Waals surface area (Å²) in [5.41, 5.74) is 0.624. The summed E-state index contributed by atoms with van der Waals surface area (Å²) in [4.78, 5) is 22.7. The van der Waals surface area contributed by atoms with E-state index in [1.54, 1.807) is 0 Å². The molecule has 0 unspecified atom stereocenters. The van der Waals surface area contributed by atoms with Crippen molar-refractivity contribution in [3.05, 3.63) is 29.8 Å². The molecule has 1 aliphatic rings. The number of alkyl halides is 3. The number of rotatable bonds is 5. The maximum Gasteiger partial charge on any atom is 0.573 e. The lowest BCUT2D eigenvalue weighted by Crippen LogP contribution is -2.43. The summed E-state index contributed by atoms with van der Waals surface area (Å²) in [5.74, 6) is -1.48. The minimum atomic E-state index is -4.74. The van der Waals surface area contributed by atoms with Gasteiger partial charge in [0.2, 0.25) is 0 Å². The van der Waals surface area contributed by atoms with Gasteiger partial charge < -0.3 is 20.5 Å². The van der Waals surface area contributed by atoms with E-state index < -0.39 is 18.4 Å². The van der Waals surface area contributed by atoms with E-state index >= 15 is 0 Å². The summed E-state index contributed by atoms with van der Waals surface area (Å²) in [5, 5.41) is 14.3. The Morgan fingerprint density at radius 1 is 1.12 bits per heavy atom. The number of carboxylic acids is 1. The standard InChI is InChI=1S/C16H19F3N2O4/c17-16(18,19)25-13-7-1-10(2-8-13)9-20-15(24)21-12-5-3-11(4-6-12)14(22)23/h1-2,7-8,11-12H,3-6,9H2,(H,22,23)(H2,20,21,24). The highest BCUT2D eigenvalue weighted by molar-refractivity contribution is 5.74. The van der Waals surface area contributed by atoms with Crippen molar-refractivity contribution in [2.45, 2.75) is 44.6 Å². The molecular formula is C16H19F3N2O4. The summed E-state index contributed by atoms with van der Waals surface area (Å²) in [6, 6.07) is 4.75. The fraction of sp³-hybridized carbons (Fsp3) is 0.500. The maximum absolute atomic E-state index is 12.1. The molecule has 138 valence electrons. The molecule has 0 bridgehead atoms. The molecule has 1 saturated carbocycles. The number of hydrogen-bond acceptors (Lipinski definition) is 3. The summed E-state index contributed by atoms with van der Waals surface area (Å²) < 4.78 is 40.0. The van der Waals surface area contributed by atoms with Crippen LogP contribution in [0.1, 0.15) is 31.2 Å². The van der Waals surface area contributed by atoms with Gasteiger partial charge in [0, 0.05) is 12.6 Å². The van der Waals surface area contributed by atoms with Crippen molar-refractivity contribution in [1.29, 1.82) is 0 Å². The first kappa shape index (κ1) is 18.9. The van der Waals surface area contributed by atoms with E-state index in [1.165, 1.54) is 24.3 Å². The molecule has 0 atom stereocenters. The third kappa shape index (κ3) is 6.52. The number of hydrogen-bond donors (Lipinski definition) is 3. The second-order valence-electron chi connectivity index (χ2n) is 5.91. The van der Waals surface area contributed by atoms with E-state index in [4.69, 9.17) is 5.11 Å². The quantitative estimate of drug-likeness (QED) is 0.753. The first-order valence-corrected chi connectivity index (χ1v) is 7.85. The van der Waals surface area contributed by atoms with Gasteiger partial charge in [0.15, 0.2) is 0 Å². The predicted octanol–water partition coefficient (Wildman–Crippen LogP) is 3.03. The van der Waals surface area contributed by atoms with Gasteiger partial charge in [0.05, 0.1) is 5.92 Å². The zero-order chi connectivity index (χ0) is 18.4. The summed E-state index contributed by atoms with van der Waals surface area (Å²) >= 11 is 0. The Balaban J connectivity index is 1.72. The molecule has 0 saturated heterocycles. The Bertz CT molecular complexity index is 596. The van der Waals surface area contributed by atoms with E-state index in [1.807, 2.05) is 0 Å². The van der Waals surface area contributed by atoms with Crippen LogP contribution in [0.15, 0.2) is 24.3 Å². The second kappa shape index (κ2) is 8.09. The van der Waals surface area contributed by atoms with Gasteiger partial charge in [0.25, 0.3) is 0 Å². The van der Waals surface area contributed by atoms with Gasteiger partial charge in [-0.2, -0.15) is 0 Å². The number of carboxylic acid groups (broad SMARTS) is 1. The highest BCUT2D eigenvalue weighted by atomic mass is 19.4. The van der Waals surface area contributed by atoms with E-state index in [0.717, 1.165) is 0 Å². The Morgan fingerprint density at radius 2 is 1.72 bits per heavy atom. The van der Waals surface area contributed by atoms with E-state index in [-0.39, 0.29) is 24.3 Å². The average molecular weight is 360 g/mol. The van der Waals surface area contributed by atoms with Crippen LogP contribution in [0.25, 0.3) is 0 Å². The van der Waals surface area contributed by atoms with Gasteiger partial charge in [-0.15, -0.1) is 13.2 Å². The number of amides is 2. The van der Waals surface area contributed by atoms with E-state index in [0.29, 0.717) is 31.2 Å². The van der Waals surface area contributed by atoms with Crippen molar-refractivity contribution in [1.82, 2.24) is 10.6 Å².